The van der Waals surface area contributed by atoms with Crippen molar-refractivity contribution in [2.45, 2.75) is 32.2 Å². The third-order valence-electron chi connectivity index (χ3n) is 4.14. The number of likely N-dealkylation sites (N-methyl/N-ethyl adjacent to an activating group) is 1. The molecule has 1 aliphatic rings. The van der Waals surface area contributed by atoms with Crippen molar-refractivity contribution in [2.75, 3.05) is 30.8 Å². The molecule has 1 aliphatic heterocycles. The monoisotopic (exact) mass is 300 g/mol. The summed E-state index contributed by atoms with van der Waals surface area (Å²) in [5, 5.41) is 12.6. The van der Waals surface area contributed by atoms with Gasteiger partial charge in [0.2, 0.25) is 11.7 Å². The van der Waals surface area contributed by atoms with E-state index in [2.05, 4.69) is 26.3 Å². The van der Waals surface area contributed by atoms with Crippen LogP contribution in [0.1, 0.15) is 37.5 Å². The Morgan fingerprint density at radius 1 is 1.45 bits per heavy atom. The quantitative estimate of drug-likeness (QED) is 0.887. The lowest BCUT2D eigenvalue weighted by atomic mass is 10.0. The second-order valence-corrected chi connectivity index (χ2v) is 5.91. The highest BCUT2D eigenvalue weighted by Crippen LogP contribution is 2.36. The molecule has 1 fully saturated rings. The zero-order valence-corrected chi connectivity index (χ0v) is 13.1. The SMILES string of the molecule is CN[C@@H]1CCN(c2nc(N)nc3c(C(C)C)c(C#N)oc23)C1. The largest absolute Gasteiger partial charge is 0.440 e. The van der Waals surface area contributed by atoms with Crippen LogP contribution < -0.4 is 16.0 Å². The number of anilines is 2. The number of aromatic nitrogens is 2. The van der Waals surface area contributed by atoms with E-state index in [9.17, 15) is 5.26 Å². The van der Waals surface area contributed by atoms with Crippen molar-refractivity contribution in [3.05, 3.63) is 11.3 Å². The lowest BCUT2D eigenvalue weighted by Crippen LogP contribution is -2.30. The van der Waals surface area contributed by atoms with Crippen LogP contribution in [0.2, 0.25) is 0 Å². The molecule has 7 heteroatoms. The van der Waals surface area contributed by atoms with Gasteiger partial charge in [0.25, 0.3) is 0 Å². The maximum absolute atomic E-state index is 9.33. The molecule has 0 aromatic carbocycles. The zero-order chi connectivity index (χ0) is 15.9. The lowest BCUT2D eigenvalue weighted by molar-refractivity contribution is 0.586. The summed E-state index contributed by atoms with van der Waals surface area (Å²) in [4.78, 5) is 10.8. The van der Waals surface area contributed by atoms with Gasteiger partial charge in [-0.1, -0.05) is 13.8 Å². The molecule has 0 unspecified atom stereocenters. The molecular weight excluding hydrogens is 280 g/mol. The van der Waals surface area contributed by atoms with Crippen LogP contribution in [0.5, 0.6) is 0 Å². The van der Waals surface area contributed by atoms with Crippen LogP contribution in [0.3, 0.4) is 0 Å². The molecule has 0 amide bonds. The van der Waals surface area contributed by atoms with Gasteiger partial charge in [-0.25, -0.2) is 4.98 Å². The summed E-state index contributed by atoms with van der Waals surface area (Å²) in [5.74, 6) is 1.32. The molecule has 0 aliphatic carbocycles. The number of hydrogen-bond donors (Lipinski definition) is 2. The lowest BCUT2D eigenvalue weighted by Gasteiger charge is -2.17. The summed E-state index contributed by atoms with van der Waals surface area (Å²) in [7, 11) is 1.95. The van der Waals surface area contributed by atoms with Crippen molar-refractivity contribution in [3.8, 4) is 6.07 Å². The Morgan fingerprint density at radius 2 is 2.23 bits per heavy atom. The smallest absolute Gasteiger partial charge is 0.222 e. The summed E-state index contributed by atoms with van der Waals surface area (Å²) in [5.41, 5.74) is 7.91. The zero-order valence-electron chi connectivity index (χ0n) is 13.1. The number of nitrogen functional groups attached to an aromatic ring is 1. The average molecular weight is 300 g/mol. The minimum Gasteiger partial charge on any atom is -0.440 e. The second kappa shape index (κ2) is 5.46. The first-order chi connectivity index (χ1) is 10.5. The van der Waals surface area contributed by atoms with Crippen molar-refractivity contribution >= 4 is 22.9 Å². The van der Waals surface area contributed by atoms with Crippen LogP contribution in [0.25, 0.3) is 11.1 Å². The van der Waals surface area contributed by atoms with Gasteiger partial charge in [-0.15, -0.1) is 0 Å². The molecule has 116 valence electrons. The van der Waals surface area contributed by atoms with E-state index in [0.29, 0.717) is 28.7 Å². The molecule has 2 aromatic heterocycles. The van der Waals surface area contributed by atoms with Crippen LogP contribution >= 0.6 is 0 Å². The minimum atomic E-state index is 0.127. The molecule has 3 rings (SSSR count). The molecular formula is C15H20N6O. The molecule has 0 saturated carbocycles. The van der Waals surface area contributed by atoms with E-state index in [1.54, 1.807) is 0 Å². The summed E-state index contributed by atoms with van der Waals surface area (Å²) in [6.07, 6.45) is 1.03. The van der Waals surface area contributed by atoms with Gasteiger partial charge in [0.1, 0.15) is 11.6 Å². The van der Waals surface area contributed by atoms with Crippen molar-refractivity contribution in [1.29, 1.82) is 5.26 Å². The Balaban J connectivity index is 2.17. The first-order valence-corrected chi connectivity index (χ1v) is 7.47. The van der Waals surface area contributed by atoms with E-state index >= 15 is 0 Å². The number of fused-ring (bicyclic) bond motifs is 1. The Morgan fingerprint density at radius 3 is 2.82 bits per heavy atom. The summed E-state index contributed by atoms with van der Waals surface area (Å²) in [6, 6.07) is 2.54. The van der Waals surface area contributed by atoms with E-state index in [1.807, 2.05) is 20.9 Å². The Hall–Kier alpha value is -2.33. The van der Waals surface area contributed by atoms with Crippen molar-refractivity contribution in [3.63, 3.8) is 0 Å². The van der Waals surface area contributed by atoms with Crippen LogP contribution in [0.4, 0.5) is 11.8 Å². The minimum absolute atomic E-state index is 0.127. The summed E-state index contributed by atoms with van der Waals surface area (Å²) >= 11 is 0. The number of nitrogens with two attached hydrogens (primary N) is 1. The number of hydrogen-bond acceptors (Lipinski definition) is 7. The van der Waals surface area contributed by atoms with Gasteiger partial charge in [0.05, 0.1) is 0 Å². The average Bonchev–Trinajstić information content (AvgIpc) is 3.09. The summed E-state index contributed by atoms with van der Waals surface area (Å²) in [6.45, 7) is 5.73. The van der Waals surface area contributed by atoms with E-state index in [-0.39, 0.29) is 11.9 Å². The number of nitrogens with one attached hydrogen (secondary N) is 1. The number of furan rings is 1. The Kier molecular flexibility index (Phi) is 3.62. The van der Waals surface area contributed by atoms with Gasteiger partial charge in [0, 0.05) is 24.7 Å². The number of nitrogens with zero attached hydrogens (tertiary/aromatic N) is 4. The molecule has 7 nitrogen and oxygen atoms in total. The van der Waals surface area contributed by atoms with Gasteiger partial charge in [0.15, 0.2) is 11.4 Å². The maximum atomic E-state index is 9.33. The molecule has 0 spiro atoms. The van der Waals surface area contributed by atoms with E-state index in [0.717, 1.165) is 25.1 Å². The van der Waals surface area contributed by atoms with Gasteiger partial charge < -0.3 is 20.4 Å². The first-order valence-electron chi connectivity index (χ1n) is 7.47. The van der Waals surface area contributed by atoms with Gasteiger partial charge in [-0.3, -0.25) is 0 Å². The molecule has 3 N–H and O–H groups in total. The maximum Gasteiger partial charge on any atom is 0.222 e. The fraction of sp³-hybridized carbons (Fsp3) is 0.533. The third kappa shape index (κ3) is 2.25. The number of rotatable bonds is 3. The van der Waals surface area contributed by atoms with Gasteiger partial charge >= 0.3 is 0 Å². The van der Waals surface area contributed by atoms with Crippen LogP contribution in [-0.2, 0) is 0 Å². The van der Waals surface area contributed by atoms with Crippen molar-refractivity contribution in [2.24, 2.45) is 0 Å². The molecule has 1 saturated heterocycles. The summed E-state index contributed by atoms with van der Waals surface area (Å²) < 4.78 is 5.77. The van der Waals surface area contributed by atoms with Crippen molar-refractivity contribution < 1.29 is 4.42 Å². The fourth-order valence-electron chi connectivity index (χ4n) is 3.02. The molecule has 0 radical (unpaired) electrons. The predicted molar refractivity (Wildman–Crippen MR) is 84.7 cm³/mol. The normalized spacial score (nSPS) is 18.3. The molecule has 3 heterocycles. The molecule has 2 aromatic rings. The van der Waals surface area contributed by atoms with Crippen LogP contribution in [0.15, 0.2) is 4.42 Å². The highest BCUT2D eigenvalue weighted by molar-refractivity contribution is 5.89. The van der Waals surface area contributed by atoms with Gasteiger partial charge in [-0.2, -0.15) is 10.2 Å². The molecule has 1 atom stereocenters. The second-order valence-electron chi connectivity index (χ2n) is 5.91. The Bertz CT molecular complexity index is 745. The van der Waals surface area contributed by atoms with Crippen LogP contribution in [0, 0.1) is 11.3 Å². The standard InChI is InChI=1S/C15H20N6O/c1-8(2)11-10(6-16)22-13-12(11)19-15(17)20-14(13)21-5-4-9(7-21)18-3/h8-9,18H,4-5,7H2,1-3H3,(H2,17,19,20)/t9-/m1/s1. The van der Waals surface area contributed by atoms with E-state index in [1.165, 1.54) is 0 Å². The predicted octanol–water partition coefficient (Wildman–Crippen LogP) is 1.60. The fourth-order valence-corrected chi connectivity index (χ4v) is 3.02. The van der Waals surface area contributed by atoms with Gasteiger partial charge in [-0.05, 0) is 19.4 Å². The van der Waals surface area contributed by atoms with E-state index < -0.39 is 0 Å². The highest BCUT2D eigenvalue weighted by Gasteiger charge is 2.28. The number of nitriles is 1. The van der Waals surface area contributed by atoms with Crippen LogP contribution in [-0.4, -0.2) is 36.1 Å². The molecule has 22 heavy (non-hydrogen) atoms. The first kappa shape index (κ1) is 14.6. The Labute approximate surface area is 129 Å². The molecule has 0 bridgehead atoms. The third-order valence-corrected chi connectivity index (χ3v) is 4.14. The van der Waals surface area contributed by atoms with E-state index in [4.69, 9.17) is 10.2 Å². The topological polar surface area (TPSA) is 104 Å². The van der Waals surface area contributed by atoms with Crippen molar-refractivity contribution in [1.82, 2.24) is 15.3 Å². The highest BCUT2D eigenvalue weighted by atomic mass is 16.3.